The molecule has 0 amide bonds. The summed E-state index contributed by atoms with van der Waals surface area (Å²) >= 11 is 0. The molecule has 0 aliphatic heterocycles. The summed E-state index contributed by atoms with van der Waals surface area (Å²) in [7, 11) is -1.61. The van der Waals surface area contributed by atoms with Gasteiger partial charge in [-0.3, -0.25) is 0 Å². The number of hydrogen-bond donors (Lipinski definition) is 0. The standard InChI is InChI=1S/C12H26OSi/c1-9-11(10(2)3)13-14(7,8)12(4,5)6/h11H,2,9H2,1,3-8H3/t11-/m1/s1. The first kappa shape index (κ1) is 13.9. The fourth-order valence-corrected chi connectivity index (χ4v) is 2.50. The first-order valence-corrected chi connectivity index (χ1v) is 8.36. The van der Waals surface area contributed by atoms with Crippen molar-refractivity contribution in [3.05, 3.63) is 12.2 Å². The molecule has 0 radical (unpaired) electrons. The van der Waals surface area contributed by atoms with Gasteiger partial charge in [-0.2, -0.15) is 0 Å². The van der Waals surface area contributed by atoms with Gasteiger partial charge in [-0.1, -0.05) is 39.8 Å². The average Bonchev–Trinajstić information content (AvgIpc) is 1.97. The van der Waals surface area contributed by atoms with Crippen LogP contribution in [-0.2, 0) is 4.43 Å². The molecular weight excluding hydrogens is 188 g/mol. The van der Waals surface area contributed by atoms with Gasteiger partial charge in [0.05, 0.1) is 6.10 Å². The lowest BCUT2D eigenvalue weighted by Gasteiger charge is -2.39. The van der Waals surface area contributed by atoms with E-state index in [2.05, 4.69) is 54.3 Å². The normalized spacial score (nSPS) is 15.4. The van der Waals surface area contributed by atoms with E-state index in [4.69, 9.17) is 4.43 Å². The quantitative estimate of drug-likeness (QED) is 0.499. The molecule has 0 bridgehead atoms. The van der Waals surface area contributed by atoms with Crippen molar-refractivity contribution in [1.82, 2.24) is 0 Å². The Labute approximate surface area is 90.7 Å². The van der Waals surface area contributed by atoms with Crippen LogP contribution in [-0.4, -0.2) is 14.4 Å². The monoisotopic (exact) mass is 214 g/mol. The highest BCUT2D eigenvalue weighted by atomic mass is 28.4. The van der Waals surface area contributed by atoms with Crippen LogP contribution < -0.4 is 0 Å². The highest BCUT2D eigenvalue weighted by Crippen LogP contribution is 2.38. The van der Waals surface area contributed by atoms with Gasteiger partial charge in [-0.05, 0) is 31.5 Å². The Balaban J connectivity index is 4.56. The predicted molar refractivity (Wildman–Crippen MR) is 67.2 cm³/mol. The molecule has 2 heteroatoms. The maximum Gasteiger partial charge on any atom is 0.192 e. The summed E-state index contributed by atoms with van der Waals surface area (Å²) in [5.74, 6) is 0. The summed E-state index contributed by atoms with van der Waals surface area (Å²) in [6.07, 6.45) is 1.28. The van der Waals surface area contributed by atoms with Gasteiger partial charge in [0.2, 0.25) is 0 Å². The van der Waals surface area contributed by atoms with Crippen LogP contribution in [0.3, 0.4) is 0 Å². The van der Waals surface area contributed by atoms with Crippen LogP contribution in [0, 0.1) is 0 Å². The summed E-state index contributed by atoms with van der Waals surface area (Å²) in [6, 6.07) is 0. The van der Waals surface area contributed by atoms with Gasteiger partial charge in [0.25, 0.3) is 0 Å². The molecule has 1 atom stereocenters. The third-order valence-corrected chi connectivity index (χ3v) is 7.65. The van der Waals surface area contributed by atoms with Crippen molar-refractivity contribution in [1.29, 1.82) is 0 Å². The lowest BCUT2D eigenvalue weighted by atomic mass is 10.1. The molecule has 84 valence electrons. The highest BCUT2D eigenvalue weighted by molar-refractivity contribution is 6.74. The van der Waals surface area contributed by atoms with Crippen molar-refractivity contribution in [3.63, 3.8) is 0 Å². The van der Waals surface area contributed by atoms with Gasteiger partial charge in [0.15, 0.2) is 8.32 Å². The number of rotatable bonds is 4. The second kappa shape index (κ2) is 4.62. The van der Waals surface area contributed by atoms with Crippen LogP contribution in [0.2, 0.25) is 18.1 Å². The zero-order valence-electron chi connectivity index (χ0n) is 10.9. The molecule has 14 heavy (non-hydrogen) atoms. The van der Waals surface area contributed by atoms with Gasteiger partial charge in [-0.15, -0.1) is 0 Å². The van der Waals surface area contributed by atoms with Crippen LogP contribution in [0.4, 0.5) is 0 Å². The Morgan fingerprint density at radius 1 is 1.36 bits per heavy atom. The molecule has 0 aliphatic carbocycles. The summed E-state index contributed by atoms with van der Waals surface area (Å²) in [5.41, 5.74) is 1.15. The maximum absolute atomic E-state index is 6.25. The lowest BCUT2D eigenvalue weighted by molar-refractivity contribution is 0.210. The first-order chi connectivity index (χ1) is 6.12. The summed E-state index contributed by atoms with van der Waals surface area (Å²) < 4.78 is 6.25. The Bertz CT molecular complexity index is 201. The third kappa shape index (κ3) is 3.58. The van der Waals surface area contributed by atoms with Crippen molar-refractivity contribution in [3.8, 4) is 0 Å². The lowest BCUT2D eigenvalue weighted by Crippen LogP contribution is -2.44. The largest absolute Gasteiger partial charge is 0.410 e. The Morgan fingerprint density at radius 2 is 1.79 bits per heavy atom. The highest BCUT2D eigenvalue weighted by Gasteiger charge is 2.38. The van der Waals surface area contributed by atoms with Crippen molar-refractivity contribution >= 4 is 8.32 Å². The average molecular weight is 214 g/mol. The van der Waals surface area contributed by atoms with E-state index in [0.717, 1.165) is 12.0 Å². The molecule has 0 rings (SSSR count). The molecule has 0 aromatic heterocycles. The number of hydrogen-bond acceptors (Lipinski definition) is 1. The molecule has 0 aromatic rings. The molecule has 0 heterocycles. The van der Waals surface area contributed by atoms with E-state index in [0.29, 0.717) is 0 Å². The smallest absolute Gasteiger partial charge is 0.192 e. The zero-order chi connectivity index (χ0) is 11.6. The van der Waals surface area contributed by atoms with E-state index in [9.17, 15) is 0 Å². The molecule has 0 aromatic carbocycles. The fourth-order valence-electron chi connectivity index (χ4n) is 1.06. The minimum atomic E-state index is -1.61. The molecule has 1 nitrogen and oxygen atoms in total. The van der Waals surface area contributed by atoms with Gasteiger partial charge < -0.3 is 4.43 Å². The van der Waals surface area contributed by atoms with Crippen LogP contribution in [0.15, 0.2) is 12.2 Å². The van der Waals surface area contributed by atoms with Crippen molar-refractivity contribution < 1.29 is 4.43 Å². The fraction of sp³-hybridized carbons (Fsp3) is 0.833. The molecular formula is C12H26OSi. The van der Waals surface area contributed by atoms with E-state index in [1.54, 1.807) is 0 Å². The SMILES string of the molecule is C=C(C)[C@@H](CC)O[Si](C)(C)C(C)(C)C. The first-order valence-electron chi connectivity index (χ1n) is 5.45. The molecule has 0 unspecified atom stereocenters. The molecule has 0 saturated carbocycles. The predicted octanol–water partition coefficient (Wildman–Crippen LogP) is 4.36. The van der Waals surface area contributed by atoms with Gasteiger partial charge in [0, 0.05) is 0 Å². The topological polar surface area (TPSA) is 9.23 Å². The summed E-state index contributed by atoms with van der Waals surface area (Å²) in [6.45, 7) is 19.6. The minimum Gasteiger partial charge on any atom is -0.410 e. The molecule has 0 fully saturated rings. The Morgan fingerprint density at radius 3 is 2.00 bits per heavy atom. The summed E-state index contributed by atoms with van der Waals surface area (Å²) in [4.78, 5) is 0. The van der Waals surface area contributed by atoms with Gasteiger partial charge in [0.1, 0.15) is 0 Å². The second-order valence-corrected chi connectivity index (χ2v) is 10.4. The Hall–Kier alpha value is -0.0831. The third-order valence-electron chi connectivity index (χ3n) is 3.16. The van der Waals surface area contributed by atoms with Gasteiger partial charge >= 0.3 is 0 Å². The molecule has 0 N–H and O–H groups in total. The van der Waals surface area contributed by atoms with E-state index >= 15 is 0 Å². The second-order valence-electron chi connectivity index (χ2n) is 5.62. The maximum atomic E-state index is 6.25. The van der Waals surface area contributed by atoms with Crippen LogP contribution in [0.5, 0.6) is 0 Å². The molecule has 0 spiro atoms. The van der Waals surface area contributed by atoms with Crippen LogP contribution in [0.1, 0.15) is 41.0 Å². The van der Waals surface area contributed by atoms with Gasteiger partial charge in [-0.25, -0.2) is 0 Å². The van der Waals surface area contributed by atoms with E-state index in [1.165, 1.54) is 0 Å². The van der Waals surface area contributed by atoms with E-state index < -0.39 is 8.32 Å². The zero-order valence-corrected chi connectivity index (χ0v) is 11.9. The van der Waals surface area contributed by atoms with Crippen LogP contribution >= 0.6 is 0 Å². The Kier molecular flexibility index (Phi) is 4.60. The van der Waals surface area contributed by atoms with Crippen molar-refractivity contribution in [2.24, 2.45) is 0 Å². The molecule has 0 aliphatic rings. The van der Waals surface area contributed by atoms with Crippen molar-refractivity contribution in [2.75, 3.05) is 0 Å². The van der Waals surface area contributed by atoms with E-state index in [1.807, 2.05) is 0 Å². The summed E-state index contributed by atoms with van der Waals surface area (Å²) in [5, 5.41) is 0.288. The van der Waals surface area contributed by atoms with Crippen molar-refractivity contribution in [2.45, 2.75) is 65.3 Å². The van der Waals surface area contributed by atoms with Crippen LogP contribution in [0.25, 0.3) is 0 Å². The minimum absolute atomic E-state index is 0.246. The van der Waals surface area contributed by atoms with E-state index in [-0.39, 0.29) is 11.1 Å². The molecule has 0 saturated heterocycles.